The molecule has 4 heterocycles. The van der Waals surface area contributed by atoms with Gasteiger partial charge >= 0.3 is 6.09 Å². The molecule has 0 saturated carbocycles. The molecular formula is C25H21ClFN5O3S2. The van der Waals surface area contributed by atoms with Crippen LogP contribution in [-0.2, 0) is 22.7 Å². The van der Waals surface area contributed by atoms with Gasteiger partial charge in [0, 0.05) is 22.5 Å². The van der Waals surface area contributed by atoms with E-state index < -0.39 is 17.5 Å². The molecule has 37 heavy (non-hydrogen) atoms. The topological polar surface area (TPSA) is 110 Å². The number of aromatic nitrogens is 3. The van der Waals surface area contributed by atoms with Gasteiger partial charge in [-0.2, -0.15) is 5.26 Å². The number of carbonyl (C=O) groups is 1. The number of hydrogen-bond acceptors (Lipinski definition) is 9. The summed E-state index contributed by atoms with van der Waals surface area (Å²) in [6, 6.07) is 2.10. The van der Waals surface area contributed by atoms with E-state index in [0.717, 1.165) is 39.8 Å². The van der Waals surface area contributed by atoms with Crippen LogP contribution in [-0.4, -0.2) is 32.4 Å². The number of fused-ring (bicyclic) bond motifs is 4. The summed E-state index contributed by atoms with van der Waals surface area (Å²) >= 11 is 9.40. The molecule has 0 atom stereocenters. The van der Waals surface area contributed by atoms with Crippen molar-refractivity contribution in [3.05, 3.63) is 39.9 Å². The number of ether oxygens (including phenoxy) is 2. The van der Waals surface area contributed by atoms with E-state index in [1.165, 1.54) is 11.8 Å². The molecule has 0 fully saturated rings. The molecule has 3 aromatic heterocycles. The van der Waals surface area contributed by atoms with Gasteiger partial charge in [0.15, 0.2) is 11.0 Å². The summed E-state index contributed by atoms with van der Waals surface area (Å²) in [5.41, 5.74) is 2.36. The highest BCUT2D eigenvalue weighted by atomic mass is 35.5. The van der Waals surface area contributed by atoms with E-state index in [-0.39, 0.29) is 27.3 Å². The monoisotopic (exact) mass is 557 g/mol. The van der Waals surface area contributed by atoms with E-state index >= 15 is 0 Å². The Morgan fingerprint density at radius 3 is 2.78 bits per heavy atom. The lowest BCUT2D eigenvalue weighted by molar-refractivity contribution is 0.0636. The summed E-state index contributed by atoms with van der Waals surface area (Å²) in [5.74, 6) is 0.171. The number of nitriles is 1. The molecule has 0 bridgehead atoms. The highest BCUT2D eigenvalue weighted by molar-refractivity contribution is 7.99. The van der Waals surface area contributed by atoms with Gasteiger partial charge in [-0.15, -0.1) is 11.3 Å². The standard InChI is InChI=1S/C25H21ClFN5O3S2/c1-5-36-23-30-7-12-13-9-34-10-14(13)16(18(26)19(12)31-23)20-17-11(6-28)22(32-24(33)35-25(2,3)4)37-21(17)15(27)8-29-20/h7-8H,5,9-10H2,1-4H3,(H,32,33). The molecule has 0 unspecified atom stereocenters. The molecule has 1 amide bonds. The summed E-state index contributed by atoms with van der Waals surface area (Å²) in [6.45, 7) is 7.78. The third kappa shape index (κ3) is 4.59. The van der Waals surface area contributed by atoms with Crippen molar-refractivity contribution in [2.24, 2.45) is 0 Å². The second kappa shape index (κ2) is 9.68. The first-order valence-corrected chi connectivity index (χ1v) is 13.5. The molecule has 1 N–H and O–H groups in total. The van der Waals surface area contributed by atoms with Gasteiger partial charge in [-0.3, -0.25) is 10.3 Å². The van der Waals surface area contributed by atoms with Gasteiger partial charge in [0.05, 0.1) is 45.9 Å². The van der Waals surface area contributed by atoms with Crippen LogP contribution in [0.15, 0.2) is 17.6 Å². The number of amides is 1. The van der Waals surface area contributed by atoms with E-state index in [9.17, 15) is 14.4 Å². The van der Waals surface area contributed by atoms with Crippen LogP contribution in [0, 0.1) is 17.1 Å². The second-order valence-corrected chi connectivity index (χ2v) is 11.8. The van der Waals surface area contributed by atoms with E-state index in [1.54, 1.807) is 27.0 Å². The van der Waals surface area contributed by atoms with Crippen LogP contribution in [0.1, 0.15) is 44.4 Å². The van der Waals surface area contributed by atoms with Crippen molar-refractivity contribution in [3.63, 3.8) is 0 Å². The Hall–Kier alpha value is -3.04. The van der Waals surface area contributed by atoms with Crippen molar-refractivity contribution in [2.45, 2.75) is 51.7 Å². The third-order valence-corrected chi connectivity index (χ3v) is 7.81. The fourth-order valence-corrected chi connectivity index (χ4v) is 6.12. The van der Waals surface area contributed by atoms with Crippen LogP contribution < -0.4 is 5.32 Å². The fourth-order valence-electron chi connectivity index (χ4n) is 4.19. The Morgan fingerprint density at radius 2 is 2.08 bits per heavy atom. The Balaban J connectivity index is 1.77. The first kappa shape index (κ1) is 25.6. The SMILES string of the molecule is CCSc1ncc2c3c(c(-c4ncc(F)c5sc(NC(=O)OC(C)(C)C)c(C#N)c45)c(Cl)c2n1)COC3. The molecule has 0 spiro atoms. The molecule has 5 rings (SSSR count). The average molecular weight is 558 g/mol. The number of thiophene rings is 1. The minimum Gasteiger partial charge on any atom is -0.444 e. The van der Waals surface area contributed by atoms with Gasteiger partial charge in [-0.05, 0) is 37.7 Å². The predicted molar refractivity (Wildman–Crippen MR) is 143 cm³/mol. The molecule has 0 aliphatic carbocycles. The number of thioether (sulfide) groups is 1. The molecule has 4 aromatic rings. The van der Waals surface area contributed by atoms with E-state index in [0.29, 0.717) is 33.6 Å². The summed E-state index contributed by atoms with van der Waals surface area (Å²) < 4.78 is 26.2. The van der Waals surface area contributed by atoms with Gasteiger partial charge in [0.2, 0.25) is 0 Å². The van der Waals surface area contributed by atoms with Crippen LogP contribution in [0.25, 0.3) is 32.2 Å². The molecule has 0 radical (unpaired) electrons. The van der Waals surface area contributed by atoms with Gasteiger partial charge in [-0.1, -0.05) is 30.3 Å². The minimum atomic E-state index is -0.749. The summed E-state index contributed by atoms with van der Waals surface area (Å²) in [6.07, 6.45) is 2.08. The number of rotatable bonds is 4. The largest absolute Gasteiger partial charge is 0.444 e. The van der Waals surface area contributed by atoms with Crippen molar-refractivity contribution >= 4 is 66.8 Å². The number of halogens is 2. The van der Waals surface area contributed by atoms with E-state index in [1.807, 2.05) is 6.92 Å². The number of hydrogen-bond donors (Lipinski definition) is 1. The van der Waals surface area contributed by atoms with Crippen molar-refractivity contribution in [1.29, 1.82) is 5.26 Å². The lowest BCUT2D eigenvalue weighted by atomic mass is 9.94. The average Bonchev–Trinajstić information content (AvgIpc) is 3.45. The van der Waals surface area contributed by atoms with E-state index in [2.05, 4.69) is 26.3 Å². The van der Waals surface area contributed by atoms with Crippen LogP contribution in [0.3, 0.4) is 0 Å². The predicted octanol–water partition coefficient (Wildman–Crippen LogP) is 7.06. The Bertz CT molecular complexity index is 1630. The molecule has 1 aliphatic rings. The van der Waals surface area contributed by atoms with Crippen LogP contribution in [0.4, 0.5) is 14.2 Å². The molecule has 8 nitrogen and oxygen atoms in total. The molecular weight excluding hydrogens is 537 g/mol. The lowest BCUT2D eigenvalue weighted by Crippen LogP contribution is -2.27. The molecule has 1 aromatic carbocycles. The number of carbonyl (C=O) groups excluding carboxylic acids is 1. The smallest absolute Gasteiger partial charge is 0.412 e. The maximum atomic E-state index is 15.0. The van der Waals surface area contributed by atoms with Crippen molar-refractivity contribution in [1.82, 2.24) is 15.0 Å². The van der Waals surface area contributed by atoms with Crippen molar-refractivity contribution in [3.8, 4) is 17.3 Å². The molecule has 190 valence electrons. The first-order valence-electron chi connectivity index (χ1n) is 11.3. The quantitative estimate of drug-likeness (QED) is 0.210. The number of anilines is 1. The van der Waals surface area contributed by atoms with E-state index in [4.69, 9.17) is 21.1 Å². The number of nitrogens with one attached hydrogen (secondary N) is 1. The van der Waals surface area contributed by atoms with Gasteiger partial charge in [-0.25, -0.2) is 19.2 Å². The van der Waals surface area contributed by atoms with Crippen molar-refractivity contribution < 1.29 is 18.7 Å². The lowest BCUT2D eigenvalue weighted by Gasteiger charge is -2.19. The van der Waals surface area contributed by atoms with Crippen LogP contribution in [0.2, 0.25) is 5.02 Å². The highest BCUT2D eigenvalue weighted by Gasteiger charge is 2.30. The zero-order valence-electron chi connectivity index (χ0n) is 20.4. The minimum absolute atomic E-state index is 0.0709. The van der Waals surface area contributed by atoms with Crippen LogP contribution in [0.5, 0.6) is 0 Å². The zero-order chi connectivity index (χ0) is 26.5. The Kier molecular flexibility index (Phi) is 6.70. The summed E-state index contributed by atoms with van der Waals surface area (Å²) in [5, 5.41) is 14.8. The van der Waals surface area contributed by atoms with Gasteiger partial charge < -0.3 is 9.47 Å². The van der Waals surface area contributed by atoms with Gasteiger partial charge in [0.1, 0.15) is 16.7 Å². The third-order valence-electron chi connectivity index (χ3n) is 5.58. The number of benzene rings is 1. The summed E-state index contributed by atoms with van der Waals surface area (Å²) in [7, 11) is 0. The Labute approximate surface area is 225 Å². The summed E-state index contributed by atoms with van der Waals surface area (Å²) in [4.78, 5) is 26.0. The number of pyridine rings is 1. The van der Waals surface area contributed by atoms with Crippen molar-refractivity contribution in [2.75, 3.05) is 11.1 Å². The maximum Gasteiger partial charge on any atom is 0.412 e. The van der Waals surface area contributed by atoms with Crippen LogP contribution >= 0.6 is 34.7 Å². The first-order chi connectivity index (χ1) is 17.6. The Morgan fingerprint density at radius 1 is 1.32 bits per heavy atom. The zero-order valence-corrected chi connectivity index (χ0v) is 22.8. The highest BCUT2D eigenvalue weighted by Crippen LogP contribution is 2.47. The molecule has 0 saturated heterocycles. The normalized spacial score (nSPS) is 13.1. The number of nitrogens with zero attached hydrogens (tertiary/aromatic N) is 4. The fraction of sp³-hybridized carbons (Fsp3) is 0.320. The second-order valence-electron chi connectivity index (χ2n) is 9.19. The van der Waals surface area contributed by atoms with Gasteiger partial charge in [0.25, 0.3) is 0 Å². The molecule has 12 heteroatoms. The maximum absolute atomic E-state index is 15.0. The molecule has 1 aliphatic heterocycles.